The van der Waals surface area contributed by atoms with E-state index in [0.29, 0.717) is 4.68 Å². The number of aromatic nitrogens is 2. The van der Waals surface area contributed by atoms with Crippen LogP contribution in [0.3, 0.4) is 0 Å². The molecule has 11 nitrogen and oxygen atoms in total. The Bertz CT molecular complexity index is 1170. The number of nitrogens with zero attached hydrogens (tertiary/aromatic N) is 2. The zero-order chi connectivity index (χ0) is 31.3. The smallest absolute Gasteiger partial charge is 0.336 e. The summed E-state index contributed by atoms with van der Waals surface area (Å²) >= 11 is 0. The second kappa shape index (κ2) is 12.5. The van der Waals surface area contributed by atoms with Crippen molar-refractivity contribution in [2.45, 2.75) is 24.5 Å². The molecule has 0 aliphatic carbocycles. The summed E-state index contributed by atoms with van der Waals surface area (Å²) in [4.78, 5) is 30.4. The number of benzene rings is 1. The number of aliphatic carboxylic acids is 3. The predicted molar refractivity (Wildman–Crippen MR) is 110 cm³/mol. The summed E-state index contributed by atoms with van der Waals surface area (Å²) in [6.45, 7) is -8.16. The highest BCUT2D eigenvalue weighted by Crippen LogP contribution is 2.24. The molecule has 1 aromatic heterocycles. The van der Waals surface area contributed by atoms with Crippen molar-refractivity contribution in [3.8, 4) is 0 Å². The lowest BCUT2D eigenvalue weighted by molar-refractivity contribution is -0.858. The number of carboxylic acid groups (broad SMARTS) is 3. The fourth-order valence-corrected chi connectivity index (χ4v) is 2.21. The van der Waals surface area contributed by atoms with Crippen molar-refractivity contribution in [1.29, 1.82) is 0 Å². The molecule has 4 N–H and O–H groups in total. The Morgan fingerprint density at radius 3 is 2.44 bits per heavy atom. The number of likely N-dealkylation sites (N-methyl/N-ethyl adjacent to an activating group) is 1. The van der Waals surface area contributed by atoms with Crippen LogP contribution in [0.15, 0.2) is 42.6 Å². The fourth-order valence-electron chi connectivity index (χ4n) is 2.21. The summed E-state index contributed by atoms with van der Waals surface area (Å²) in [5, 5.41) is 39.2. The van der Waals surface area contributed by atoms with Crippen LogP contribution in [0.25, 0.3) is 0 Å². The maximum atomic E-state index is 10.3. The highest BCUT2D eigenvalue weighted by atomic mass is 16.5. The molecule has 0 amide bonds. The molecule has 0 aliphatic heterocycles. The molecule has 0 aliphatic rings. The minimum Gasteiger partial charge on any atom is -0.550 e. The average molecular weight is 460 g/mol. The lowest BCUT2D eigenvalue weighted by Crippen LogP contribution is -3.06. The van der Waals surface area contributed by atoms with E-state index in [1.165, 1.54) is 38.5 Å². The molecule has 11 heteroatoms. The Hall–Kier alpha value is -3.28. The van der Waals surface area contributed by atoms with Crippen molar-refractivity contribution in [2.24, 2.45) is 6.98 Å². The Kier molecular flexibility index (Phi) is 6.42. The minimum absolute atomic E-state index is 0.118. The van der Waals surface area contributed by atoms with Crippen molar-refractivity contribution in [3.63, 3.8) is 0 Å². The van der Waals surface area contributed by atoms with Crippen LogP contribution >= 0.6 is 0 Å². The van der Waals surface area contributed by atoms with E-state index >= 15 is 0 Å². The summed E-state index contributed by atoms with van der Waals surface area (Å²) in [6.07, 6.45) is -3.61. The molecule has 2 rings (SSSR count). The average Bonchev–Trinajstić information content (AvgIpc) is 3.30. The lowest BCUT2D eigenvalue weighted by Gasteiger charge is -2.21. The number of aliphatic hydroxyl groups is 1. The van der Waals surface area contributed by atoms with E-state index in [1.807, 2.05) is 0 Å². The van der Waals surface area contributed by atoms with Gasteiger partial charge in [0.25, 0.3) is 0 Å². The van der Waals surface area contributed by atoms with Crippen LogP contribution in [-0.2, 0) is 26.1 Å². The van der Waals surface area contributed by atoms with Gasteiger partial charge < -0.3 is 34.9 Å². The third kappa shape index (κ3) is 8.84. The number of nitrogens with one attached hydrogen (secondary N) is 1. The quantitative estimate of drug-likeness (QED) is 0.300. The Morgan fingerprint density at radius 2 is 1.94 bits per heavy atom. The highest BCUT2D eigenvalue weighted by Gasteiger charge is 2.38. The lowest BCUT2D eigenvalue weighted by atomic mass is 9.96. The molecule has 0 radical (unpaired) electrons. The second-order valence-electron chi connectivity index (χ2n) is 6.61. The second-order valence-corrected chi connectivity index (χ2v) is 6.61. The van der Waals surface area contributed by atoms with Gasteiger partial charge in [-0.1, -0.05) is 30.3 Å². The SMILES string of the molecule is O=C([O-])CC(O)(CC(=O)O)C(=O)O.[2H]C(OC([2H])([2H])C([2H])([2H])[NH+](C)C)(c1ccccc1)c1ccnn1C([2H])([2H])[2H]. The van der Waals surface area contributed by atoms with Crippen LogP contribution in [0, 0.1) is 0 Å². The van der Waals surface area contributed by atoms with Crippen LogP contribution in [-0.4, -0.2) is 75.8 Å². The number of hydrogen-bond acceptors (Lipinski definition) is 7. The van der Waals surface area contributed by atoms with Crippen LogP contribution in [0.1, 0.15) is 41.1 Å². The van der Waals surface area contributed by atoms with Gasteiger partial charge >= 0.3 is 11.9 Å². The molecule has 0 fully saturated rings. The van der Waals surface area contributed by atoms with E-state index in [1.54, 1.807) is 18.2 Å². The largest absolute Gasteiger partial charge is 0.550 e. The molecule has 0 saturated heterocycles. The summed E-state index contributed by atoms with van der Waals surface area (Å²) in [7, 11) is 2.84. The van der Waals surface area contributed by atoms with E-state index in [-0.39, 0.29) is 16.2 Å². The van der Waals surface area contributed by atoms with Gasteiger partial charge in [-0.2, -0.15) is 5.10 Å². The van der Waals surface area contributed by atoms with Gasteiger partial charge in [-0.15, -0.1) is 0 Å². The normalized spacial score (nSPS) is 19.5. The summed E-state index contributed by atoms with van der Waals surface area (Å²) in [5.41, 5.74) is -2.89. The van der Waals surface area contributed by atoms with Crippen molar-refractivity contribution in [1.82, 2.24) is 9.78 Å². The molecule has 0 bridgehead atoms. The number of carbonyl (C=O) groups excluding carboxylic acids is 1. The van der Waals surface area contributed by atoms with E-state index in [4.69, 9.17) is 31.0 Å². The molecule has 176 valence electrons. The van der Waals surface area contributed by atoms with Gasteiger partial charge in [0.1, 0.15) is 12.6 Å². The van der Waals surface area contributed by atoms with Crippen molar-refractivity contribution < 1.29 is 55.4 Å². The Morgan fingerprint density at radius 1 is 1.28 bits per heavy atom. The van der Waals surface area contributed by atoms with Crippen LogP contribution < -0.4 is 10.0 Å². The van der Waals surface area contributed by atoms with E-state index in [2.05, 4.69) is 5.10 Å². The predicted octanol–water partition coefficient (Wildman–Crippen LogP) is -1.91. The van der Waals surface area contributed by atoms with Gasteiger partial charge in [0.05, 0.1) is 39.6 Å². The van der Waals surface area contributed by atoms with Crippen LogP contribution in [0.2, 0.25) is 0 Å². The zero-order valence-corrected chi connectivity index (χ0v) is 17.2. The topological polar surface area (TPSA) is 166 Å². The van der Waals surface area contributed by atoms with Gasteiger partial charge in [-0.25, -0.2) is 4.79 Å². The van der Waals surface area contributed by atoms with Gasteiger partial charge in [-0.3, -0.25) is 9.48 Å². The van der Waals surface area contributed by atoms with Crippen molar-refractivity contribution in [2.75, 3.05) is 27.2 Å². The van der Waals surface area contributed by atoms with Gasteiger partial charge in [-0.05, 0) is 11.6 Å². The van der Waals surface area contributed by atoms with E-state index in [0.717, 1.165) is 0 Å². The monoisotopic (exact) mass is 459 g/mol. The first-order chi connectivity index (χ1) is 18.0. The fraction of sp³-hybridized carbons (Fsp3) is 0.429. The number of hydrogen-bond donors (Lipinski definition) is 4. The molecule has 0 saturated carbocycles. The summed E-state index contributed by atoms with van der Waals surface area (Å²) < 4.78 is 70.1. The third-order valence-electron chi connectivity index (χ3n) is 3.64. The standard InChI is InChI=1S/C15H21N3O.C6H8O7/c1-17(2)11-12-19-15(13-7-5-4-6-8-13)14-9-10-16-18(14)3;7-3(8)1-6(13,5(11)12)2-4(9)10/h4-10,15H,11-12H2,1-3H3;13H,1-2H2,(H,7,8)(H,9,10)(H,11,12)/i3D3,11D2,12D2,15D;. The van der Waals surface area contributed by atoms with E-state index < -0.39 is 62.5 Å². The van der Waals surface area contributed by atoms with Crippen LogP contribution in [0.5, 0.6) is 0 Å². The molecule has 0 spiro atoms. The molecule has 2 unspecified atom stereocenters. The maximum Gasteiger partial charge on any atom is 0.336 e. The van der Waals surface area contributed by atoms with Gasteiger partial charge in [0, 0.05) is 29.7 Å². The van der Waals surface area contributed by atoms with Gasteiger partial charge in [0.15, 0.2) is 5.60 Å². The summed E-state index contributed by atoms with van der Waals surface area (Å²) in [6, 6.07) is 9.10. The van der Waals surface area contributed by atoms with Crippen LogP contribution in [0.4, 0.5) is 0 Å². The molecular formula is C21H29N3O8. The number of rotatable bonds is 11. The maximum absolute atomic E-state index is 10.3. The molecule has 1 heterocycles. The molecule has 2 aromatic rings. The van der Waals surface area contributed by atoms with Crippen molar-refractivity contribution in [3.05, 3.63) is 53.9 Å². The number of ether oxygens (including phenoxy) is 1. The Labute approximate surface area is 196 Å². The first-order valence-corrected chi connectivity index (χ1v) is 9.00. The summed E-state index contributed by atoms with van der Waals surface area (Å²) in [5.74, 6) is -5.34. The minimum atomic E-state index is -2.92. The zero-order valence-electron chi connectivity index (χ0n) is 25.2. The molecule has 1 aromatic carbocycles. The molecule has 32 heavy (non-hydrogen) atoms. The first kappa shape index (κ1) is 16.4. The molecular weight excluding hydrogens is 422 g/mol. The molecule has 2 atom stereocenters. The number of quaternary nitrogens is 1. The third-order valence-corrected chi connectivity index (χ3v) is 3.64. The first-order valence-electron chi connectivity index (χ1n) is 13.0. The van der Waals surface area contributed by atoms with Gasteiger partial charge in [0.2, 0.25) is 0 Å². The van der Waals surface area contributed by atoms with Crippen molar-refractivity contribution >= 4 is 17.9 Å². The Balaban J connectivity index is 0.000000520. The number of aryl methyl sites for hydroxylation is 1. The highest BCUT2D eigenvalue weighted by molar-refractivity contribution is 5.87. The number of carboxylic acids is 3. The number of carbonyl (C=O) groups is 3. The van der Waals surface area contributed by atoms with E-state index in [9.17, 15) is 19.5 Å².